The fourth-order valence-corrected chi connectivity index (χ4v) is 3.67. The molecule has 0 aliphatic carbocycles. The maximum Gasteiger partial charge on any atom is 0.255 e. The summed E-state index contributed by atoms with van der Waals surface area (Å²) in [5.41, 5.74) is 1.93. The highest BCUT2D eigenvalue weighted by Crippen LogP contribution is 2.24. The van der Waals surface area contributed by atoms with Crippen LogP contribution in [0.1, 0.15) is 15.9 Å². The molecule has 0 spiro atoms. The Morgan fingerprint density at radius 3 is 2.71 bits per heavy atom. The van der Waals surface area contributed by atoms with Crippen LogP contribution in [-0.4, -0.2) is 34.4 Å². The van der Waals surface area contributed by atoms with Gasteiger partial charge in [-0.25, -0.2) is 0 Å². The van der Waals surface area contributed by atoms with E-state index in [0.717, 1.165) is 0 Å². The first-order chi connectivity index (χ1) is 11.7. The SMILES string of the molecule is C#Cc1cccc(NC(=O)C2CSCN2C(=O)c2ccccc2)c1. The number of amides is 2. The normalized spacial score (nSPS) is 16.5. The molecule has 0 bridgehead atoms. The van der Waals surface area contributed by atoms with Crippen molar-refractivity contribution in [2.45, 2.75) is 6.04 Å². The standard InChI is InChI=1S/C19H16N2O2S/c1-2-14-7-6-10-16(11-14)20-18(22)17-12-24-13-21(17)19(23)15-8-4-3-5-9-15/h1,3-11,17H,12-13H2,(H,20,22). The van der Waals surface area contributed by atoms with Crippen molar-refractivity contribution in [1.29, 1.82) is 0 Å². The Morgan fingerprint density at radius 2 is 1.96 bits per heavy atom. The lowest BCUT2D eigenvalue weighted by atomic mass is 10.1. The molecule has 2 aromatic carbocycles. The van der Waals surface area contributed by atoms with Gasteiger partial charge in [0.25, 0.3) is 5.91 Å². The van der Waals surface area contributed by atoms with E-state index >= 15 is 0 Å². The summed E-state index contributed by atoms with van der Waals surface area (Å²) in [6, 6.07) is 15.6. The van der Waals surface area contributed by atoms with Gasteiger partial charge in [-0.3, -0.25) is 9.59 Å². The van der Waals surface area contributed by atoms with Gasteiger partial charge in [-0.2, -0.15) is 0 Å². The van der Waals surface area contributed by atoms with E-state index in [-0.39, 0.29) is 11.8 Å². The Morgan fingerprint density at radius 1 is 1.17 bits per heavy atom. The molecule has 120 valence electrons. The lowest BCUT2D eigenvalue weighted by Gasteiger charge is -2.23. The average molecular weight is 336 g/mol. The summed E-state index contributed by atoms with van der Waals surface area (Å²) in [6.45, 7) is 0. The number of carbonyl (C=O) groups is 2. The van der Waals surface area contributed by atoms with Crippen LogP contribution < -0.4 is 5.32 Å². The predicted octanol–water partition coefficient (Wildman–Crippen LogP) is 2.82. The van der Waals surface area contributed by atoms with Crippen LogP contribution in [0.25, 0.3) is 0 Å². The highest BCUT2D eigenvalue weighted by molar-refractivity contribution is 7.99. The largest absolute Gasteiger partial charge is 0.324 e. The molecule has 0 radical (unpaired) electrons. The van der Waals surface area contributed by atoms with Crippen molar-refractivity contribution in [3.8, 4) is 12.3 Å². The number of thioether (sulfide) groups is 1. The average Bonchev–Trinajstić information content (AvgIpc) is 3.12. The van der Waals surface area contributed by atoms with E-state index in [0.29, 0.717) is 28.4 Å². The van der Waals surface area contributed by atoms with Crippen LogP contribution in [0.4, 0.5) is 5.69 Å². The number of nitrogens with one attached hydrogen (secondary N) is 1. The molecule has 0 saturated carbocycles. The number of hydrogen-bond acceptors (Lipinski definition) is 3. The summed E-state index contributed by atoms with van der Waals surface area (Å²) in [6.07, 6.45) is 5.38. The summed E-state index contributed by atoms with van der Waals surface area (Å²) >= 11 is 1.57. The van der Waals surface area contributed by atoms with Crippen LogP contribution in [0.15, 0.2) is 54.6 Å². The van der Waals surface area contributed by atoms with E-state index in [1.54, 1.807) is 53.1 Å². The van der Waals surface area contributed by atoms with Crippen LogP contribution in [0, 0.1) is 12.3 Å². The fraction of sp³-hybridized carbons (Fsp3) is 0.158. The maximum atomic E-state index is 12.6. The minimum atomic E-state index is -0.489. The van der Waals surface area contributed by atoms with Gasteiger partial charge in [0.1, 0.15) is 6.04 Å². The lowest BCUT2D eigenvalue weighted by Crippen LogP contribution is -2.44. The first kappa shape index (κ1) is 16.2. The second kappa shape index (κ2) is 7.24. The van der Waals surface area contributed by atoms with E-state index in [2.05, 4.69) is 11.2 Å². The number of terminal acetylenes is 1. The highest BCUT2D eigenvalue weighted by atomic mass is 32.2. The van der Waals surface area contributed by atoms with Crippen molar-refractivity contribution in [2.24, 2.45) is 0 Å². The molecular formula is C19H16N2O2S. The summed E-state index contributed by atoms with van der Waals surface area (Å²) in [4.78, 5) is 26.8. The molecule has 1 N–H and O–H groups in total. The van der Waals surface area contributed by atoms with Crippen molar-refractivity contribution in [2.75, 3.05) is 16.9 Å². The topological polar surface area (TPSA) is 49.4 Å². The molecule has 2 aromatic rings. The first-order valence-corrected chi connectivity index (χ1v) is 8.66. The molecule has 0 aromatic heterocycles. The third-order valence-electron chi connectivity index (χ3n) is 3.76. The number of rotatable bonds is 3. The molecule has 3 rings (SSSR count). The zero-order valence-electron chi connectivity index (χ0n) is 12.9. The van der Waals surface area contributed by atoms with Gasteiger partial charge in [-0.1, -0.05) is 30.2 Å². The Bertz CT molecular complexity index is 799. The van der Waals surface area contributed by atoms with E-state index < -0.39 is 6.04 Å². The molecule has 1 atom stereocenters. The first-order valence-electron chi connectivity index (χ1n) is 7.50. The summed E-state index contributed by atoms with van der Waals surface area (Å²) in [5.74, 6) is 3.31. The third kappa shape index (κ3) is 3.44. The quantitative estimate of drug-likeness (QED) is 0.877. The van der Waals surface area contributed by atoms with E-state index in [4.69, 9.17) is 6.42 Å². The number of carbonyl (C=O) groups excluding carboxylic acids is 2. The molecule has 24 heavy (non-hydrogen) atoms. The van der Waals surface area contributed by atoms with Gasteiger partial charge in [-0.15, -0.1) is 18.2 Å². The second-order valence-electron chi connectivity index (χ2n) is 5.37. The Hall–Kier alpha value is -2.71. The van der Waals surface area contributed by atoms with Crippen molar-refractivity contribution < 1.29 is 9.59 Å². The summed E-state index contributed by atoms with van der Waals surface area (Å²) < 4.78 is 0. The minimum absolute atomic E-state index is 0.127. The second-order valence-corrected chi connectivity index (χ2v) is 6.37. The Kier molecular flexibility index (Phi) is 4.88. The van der Waals surface area contributed by atoms with Crippen molar-refractivity contribution in [3.63, 3.8) is 0 Å². The number of benzene rings is 2. The molecule has 1 aliphatic rings. The van der Waals surface area contributed by atoms with Gasteiger partial charge in [0.2, 0.25) is 5.91 Å². The number of nitrogens with zero attached hydrogens (tertiary/aromatic N) is 1. The van der Waals surface area contributed by atoms with Crippen LogP contribution in [0.5, 0.6) is 0 Å². The fourth-order valence-electron chi connectivity index (χ4n) is 2.52. The van der Waals surface area contributed by atoms with Gasteiger partial charge in [-0.05, 0) is 30.3 Å². The smallest absolute Gasteiger partial charge is 0.255 e. The molecule has 2 amide bonds. The molecule has 1 aliphatic heterocycles. The molecule has 1 unspecified atom stereocenters. The van der Waals surface area contributed by atoms with Gasteiger partial charge >= 0.3 is 0 Å². The highest BCUT2D eigenvalue weighted by Gasteiger charge is 2.35. The molecule has 5 heteroatoms. The van der Waals surface area contributed by atoms with Crippen molar-refractivity contribution in [3.05, 3.63) is 65.7 Å². The number of anilines is 1. The molecule has 4 nitrogen and oxygen atoms in total. The predicted molar refractivity (Wildman–Crippen MR) is 96.7 cm³/mol. The summed E-state index contributed by atoms with van der Waals surface area (Å²) in [5, 5.41) is 2.85. The van der Waals surface area contributed by atoms with Gasteiger partial charge in [0.05, 0.1) is 5.88 Å². The van der Waals surface area contributed by atoms with Gasteiger partial charge in [0.15, 0.2) is 0 Å². The summed E-state index contributed by atoms with van der Waals surface area (Å²) in [7, 11) is 0. The van der Waals surface area contributed by atoms with E-state index in [1.807, 2.05) is 18.2 Å². The van der Waals surface area contributed by atoms with Crippen LogP contribution in [0.3, 0.4) is 0 Å². The Labute approximate surface area is 145 Å². The number of hydrogen-bond donors (Lipinski definition) is 1. The van der Waals surface area contributed by atoms with Crippen LogP contribution in [-0.2, 0) is 4.79 Å². The van der Waals surface area contributed by atoms with E-state index in [9.17, 15) is 9.59 Å². The van der Waals surface area contributed by atoms with Crippen LogP contribution in [0.2, 0.25) is 0 Å². The van der Waals surface area contributed by atoms with Gasteiger partial charge < -0.3 is 10.2 Å². The monoisotopic (exact) mass is 336 g/mol. The molecular weight excluding hydrogens is 320 g/mol. The zero-order chi connectivity index (χ0) is 16.9. The Balaban J connectivity index is 1.74. The van der Waals surface area contributed by atoms with Crippen LogP contribution >= 0.6 is 11.8 Å². The zero-order valence-corrected chi connectivity index (χ0v) is 13.8. The van der Waals surface area contributed by atoms with Crippen molar-refractivity contribution >= 4 is 29.3 Å². The van der Waals surface area contributed by atoms with Crippen molar-refractivity contribution in [1.82, 2.24) is 4.90 Å². The minimum Gasteiger partial charge on any atom is -0.324 e. The third-order valence-corrected chi connectivity index (χ3v) is 4.78. The lowest BCUT2D eigenvalue weighted by molar-refractivity contribution is -0.119. The maximum absolute atomic E-state index is 12.6. The van der Waals surface area contributed by atoms with E-state index in [1.165, 1.54) is 0 Å². The molecule has 1 heterocycles. The van der Waals surface area contributed by atoms with Gasteiger partial charge in [0, 0.05) is 22.6 Å². The molecule has 1 saturated heterocycles. The molecule has 1 fully saturated rings.